The van der Waals surface area contributed by atoms with E-state index in [1.165, 1.54) is 4.57 Å². The largest absolute Gasteiger partial charge is 0.360 e. The number of amides is 2. The minimum atomic E-state index is -0.304. The van der Waals surface area contributed by atoms with Gasteiger partial charge in [0.1, 0.15) is 5.76 Å². The highest BCUT2D eigenvalue weighted by Gasteiger charge is 2.15. The zero-order chi connectivity index (χ0) is 25.5. The Morgan fingerprint density at radius 3 is 2.67 bits per heavy atom. The molecule has 2 aromatic heterocycles. The number of anilines is 1. The summed E-state index contributed by atoms with van der Waals surface area (Å²) >= 11 is 7.28. The van der Waals surface area contributed by atoms with Crippen LogP contribution in [-0.2, 0) is 22.7 Å². The first-order valence-corrected chi connectivity index (χ1v) is 12.6. The number of rotatable bonds is 10. The van der Waals surface area contributed by atoms with Crippen LogP contribution in [-0.4, -0.2) is 32.3 Å². The smallest absolute Gasteiger partial charge is 0.262 e. The van der Waals surface area contributed by atoms with Crippen molar-refractivity contribution in [3.05, 3.63) is 81.3 Å². The number of thioether (sulfide) groups is 1. The van der Waals surface area contributed by atoms with Gasteiger partial charge in [-0.2, -0.15) is 0 Å². The molecule has 2 amide bonds. The van der Waals surface area contributed by atoms with Crippen LogP contribution in [0.2, 0.25) is 5.02 Å². The molecule has 4 aromatic rings. The van der Waals surface area contributed by atoms with Gasteiger partial charge in [-0.3, -0.25) is 19.0 Å². The molecule has 2 heterocycles. The van der Waals surface area contributed by atoms with Gasteiger partial charge in [0.2, 0.25) is 11.8 Å². The first kappa shape index (κ1) is 25.5. The number of carbonyl (C=O) groups is 2. The molecular weight excluding hydrogens is 502 g/mol. The van der Waals surface area contributed by atoms with Crippen molar-refractivity contribution in [3.63, 3.8) is 0 Å². The van der Waals surface area contributed by atoms with Gasteiger partial charge in [0.25, 0.3) is 5.56 Å². The van der Waals surface area contributed by atoms with E-state index in [-0.39, 0.29) is 36.1 Å². The number of nitrogens with zero attached hydrogens (tertiary/aromatic N) is 3. The highest BCUT2D eigenvalue weighted by Crippen LogP contribution is 2.19. The molecule has 0 bridgehead atoms. The van der Waals surface area contributed by atoms with Gasteiger partial charge in [-0.05, 0) is 37.1 Å². The highest BCUT2D eigenvalue weighted by atomic mass is 35.5. The number of para-hydroxylation sites is 1. The van der Waals surface area contributed by atoms with Crippen molar-refractivity contribution in [2.75, 3.05) is 11.1 Å². The normalized spacial score (nSPS) is 10.9. The van der Waals surface area contributed by atoms with E-state index in [9.17, 15) is 14.4 Å². The van der Waals surface area contributed by atoms with E-state index in [0.717, 1.165) is 17.3 Å². The molecular formula is C25H24ClN5O4S. The van der Waals surface area contributed by atoms with Gasteiger partial charge in [0, 0.05) is 30.6 Å². The average molecular weight is 526 g/mol. The van der Waals surface area contributed by atoms with Crippen LogP contribution in [0, 0.1) is 6.92 Å². The number of benzene rings is 2. The second-order valence-corrected chi connectivity index (χ2v) is 9.35. The Morgan fingerprint density at radius 2 is 1.89 bits per heavy atom. The molecule has 9 nitrogen and oxygen atoms in total. The van der Waals surface area contributed by atoms with Gasteiger partial charge in [-0.15, -0.1) is 0 Å². The lowest BCUT2D eigenvalue weighted by atomic mass is 10.2. The zero-order valence-corrected chi connectivity index (χ0v) is 21.1. The maximum Gasteiger partial charge on any atom is 0.262 e. The molecule has 0 radical (unpaired) electrons. The maximum atomic E-state index is 13.2. The van der Waals surface area contributed by atoms with Crippen molar-refractivity contribution in [2.24, 2.45) is 0 Å². The summed E-state index contributed by atoms with van der Waals surface area (Å²) in [6.07, 6.45) is 0.645. The van der Waals surface area contributed by atoms with Crippen LogP contribution in [0.15, 0.2) is 69.1 Å². The van der Waals surface area contributed by atoms with Gasteiger partial charge < -0.3 is 15.2 Å². The summed E-state index contributed by atoms with van der Waals surface area (Å²) in [5.74, 6) is 0.479. The molecule has 0 aliphatic heterocycles. The Bertz CT molecular complexity index is 1450. The van der Waals surface area contributed by atoms with Crippen LogP contribution in [0.25, 0.3) is 10.9 Å². The third-order valence-corrected chi connectivity index (χ3v) is 6.62. The van der Waals surface area contributed by atoms with Crippen LogP contribution in [0.5, 0.6) is 0 Å². The molecule has 0 aliphatic rings. The highest BCUT2D eigenvalue weighted by molar-refractivity contribution is 7.99. The Balaban J connectivity index is 1.41. The van der Waals surface area contributed by atoms with Gasteiger partial charge in [0.15, 0.2) is 11.0 Å². The standard InChI is InChI=1S/C25H24ClN5O4S/c1-16-13-21(30-35-16)29-23(33)15-36-25-28-20-10-5-3-8-18(20)24(34)31(25)12-6-11-22(32)27-14-17-7-2-4-9-19(17)26/h2-5,7-10,13H,6,11-12,14-15H2,1H3,(H,27,32)(H,29,30,33). The summed E-state index contributed by atoms with van der Waals surface area (Å²) in [5, 5.41) is 10.7. The lowest BCUT2D eigenvalue weighted by Crippen LogP contribution is -2.26. The number of aryl methyl sites for hydroxylation is 1. The average Bonchev–Trinajstić information content (AvgIpc) is 3.28. The van der Waals surface area contributed by atoms with E-state index in [0.29, 0.717) is 45.6 Å². The quantitative estimate of drug-likeness (QED) is 0.235. The molecule has 0 fully saturated rings. The van der Waals surface area contributed by atoms with E-state index in [1.54, 1.807) is 43.3 Å². The molecule has 0 saturated carbocycles. The topological polar surface area (TPSA) is 119 Å². The second-order valence-electron chi connectivity index (χ2n) is 8.00. The SMILES string of the molecule is Cc1cc(NC(=O)CSc2nc3ccccc3c(=O)n2CCCC(=O)NCc2ccccc2Cl)no1. The summed E-state index contributed by atoms with van der Waals surface area (Å²) < 4.78 is 6.47. The zero-order valence-electron chi connectivity index (χ0n) is 19.5. The first-order chi connectivity index (χ1) is 17.4. The fourth-order valence-corrected chi connectivity index (χ4v) is 4.54. The Hall–Kier alpha value is -3.63. The summed E-state index contributed by atoms with van der Waals surface area (Å²) in [4.78, 5) is 42.5. The predicted octanol–water partition coefficient (Wildman–Crippen LogP) is 4.17. The molecule has 11 heteroatoms. The fraction of sp³-hybridized carbons (Fsp3) is 0.240. The van der Waals surface area contributed by atoms with E-state index in [1.807, 2.05) is 18.2 Å². The van der Waals surface area contributed by atoms with Gasteiger partial charge in [-0.1, -0.05) is 58.9 Å². The summed E-state index contributed by atoms with van der Waals surface area (Å²) in [7, 11) is 0. The molecule has 0 atom stereocenters. The molecule has 186 valence electrons. The lowest BCUT2D eigenvalue weighted by molar-refractivity contribution is -0.121. The lowest BCUT2D eigenvalue weighted by Gasteiger charge is -2.13. The maximum absolute atomic E-state index is 13.2. The number of halogens is 1. The Kier molecular flexibility index (Phi) is 8.40. The monoisotopic (exact) mass is 525 g/mol. The number of hydrogen-bond acceptors (Lipinski definition) is 7. The van der Waals surface area contributed by atoms with Crippen molar-refractivity contribution in [1.82, 2.24) is 20.0 Å². The van der Waals surface area contributed by atoms with Crippen molar-refractivity contribution >= 4 is 51.9 Å². The number of hydrogen-bond donors (Lipinski definition) is 2. The van der Waals surface area contributed by atoms with Crippen molar-refractivity contribution in [2.45, 2.75) is 38.0 Å². The number of aromatic nitrogens is 3. The van der Waals surface area contributed by atoms with Crippen LogP contribution >= 0.6 is 23.4 Å². The van der Waals surface area contributed by atoms with Gasteiger partial charge in [-0.25, -0.2) is 4.98 Å². The van der Waals surface area contributed by atoms with Crippen molar-refractivity contribution < 1.29 is 14.1 Å². The molecule has 0 saturated heterocycles. The van der Waals surface area contributed by atoms with Crippen molar-refractivity contribution in [3.8, 4) is 0 Å². The summed E-state index contributed by atoms with van der Waals surface area (Å²) in [6.45, 7) is 2.34. The molecule has 0 aliphatic carbocycles. The number of carbonyl (C=O) groups excluding carboxylic acids is 2. The fourth-order valence-electron chi connectivity index (χ4n) is 3.51. The third-order valence-electron chi connectivity index (χ3n) is 5.27. The number of fused-ring (bicyclic) bond motifs is 1. The first-order valence-electron chi connectivity index (χ1n) is 11.3. The molecule has 2 aromatic carbocycles. The minimum Gasteiger partial charge on any atom is -0.360 e. The van der Waals surface area contributed by atoms with E-state index >= 15 is 0 Å². The van der Waals surface area contributed by atoms with Crippen LogP contribution in [0.4, 0.5) is 5.82 Å². The van der Waals surface area contributed by atoms with Gasteiger partial charge >= 0.3 is 0 Å². The van der Waals surface area contributed by atoms with Crippen LogP contribution in [0.1, 0.15) is 24.2 Å². The van der Waals surface area contributed by atoms with E-state index < -0.39 is 0 Å². The minimum absolute atomic E-state index is 0.0228. The second kappa shape index (κ2) is 11.9. The summed E-state index contributed by atoms with van der Waals surface area (Å²) in [6, 6.07) is 16.0. The van der Waals surface area contributed by atoms with Crippen LogP contribution in [0.3, 0.4) is 0 Å². The molecule has 0 spiro atoms. The third kappa shape index (κ3) is 6.52. The number of nitrogens with one attached hydrogen (secondary N) is 2. The van der Waals surface area contributed by atoms with E-state index in [4.69, 9.17) is 16.1 Å². The molecule has 4 rings (SSSR count). The Morgan fingerprint density at radius 1 is 1.11 bits per heavy atom. The summed E-state index contributed by atoms with van der Waals surface area (Å²) in [5.41, 5.74) is 1.17. The molecule has 2 N–H and O–H groups in total. The molecule has 36 heavy (non-hydrogen) atoms. The molecule has 0 unspecified atom stereocenters. The predicted molar refractivity (Wildman–Crippen MR) is 139 cm³/mol. The van der Waals surface area contributed by atoms with Crippen LogP contribution < -0.4 is 16.2 Å². The van der Waals surface area contributed by atoms with Crippen molar-refractivity contribution in [1.29, 1.82) is 0 Å². The Labute approximate surface area is 216 Å². The van der Waals surface area contributed by atoms with Gasteiger partial charge in [0.05, 0.1) is 16.7 Å². The van der Waals surface area contributed by atoms with E-state index in [2.05, 4.69) is 20.8 Å².